The van der Waals surface area contributed by atoms with Crippen molar-refractivity contribution in [3.63, 3.8) is 0 Å². The molecule has 10 nitrogen and oxygen atoms in total. The first-order chi connectivity index (χ1) is 15.5. The number of methoxy groups -OCH3 is 2. The van der Waals surface area contributed by atoms with Gasteiger partial charge in [-0.2, -0.15) is 0 Å². The minimum absolute atomic E-state index is 0.124. The van der Waals surface area contributed by atoms with Crippen LogP contribution < -0.4 is 25.6 Å². The van der Waals surface area contributed by atoms with Crippen LogP contribution in [0, 0.1) is 0 Å². The van der Waals surface area contributed by atoms with Gasteiger partial charge in [-0.15, -0.1) is 0 Å². The van der Waals surface area contributed by atoms with Gasteiger partial charge in [0.15, 0.2) is 28.7 Å². The standard InChI is InChI=1S/C22H21N5O5/c1-4-32-14-10-6-5-9-13(14)27-21-17(25-22(27)29)16(19(23)28)24-20(26-21)12-8-7-11-15(30-2)18(12)31-3/h5-11H,4H2,1-3H3,(H2,23,28)(H,25,29). The summed E-state index contributed by atoms with van der Waals surface area (Å²) in [5, 5.41) is 0. The molecular formula is C22H21N5O5. The number of carbonyl (C=O) groups is 1. The first-order valence-electron chi connectivity index (χ1n) is 9.76. The Labute approximate surface area is 182 Å². The first-order valence-corrected chi connectivity index (χ1v) is 9.76. The Balaban J connectivity index is 2.08. The van der Waals surface area contributed by atoms with Gasteiger partial charge >= 0.3 is 5.69 Å². The monoisotopic (exact) mass is 435 g/mol. The number of hydrogen-bond donors (Lipinski definition) is 2. The number of rotatable bonds is 7. The van der Waals surface area contributed by atoms with E-state index in [1.54, 1.807) is 42.5 Å². The van der Waals surface area contributed by atoms with Crippen LogP contribution in [0.2, 0.25) is 0 Å². The zero-order valence-electron chi connectivity index (χ0n) is 17.7. The minimum Gasteiger partial charge on any atom is -0.493 e. The van der Waals surface area contributed by atoms with Crippen molar-refractivity contribution in [3.8, 4) is 34.3 Å². The predicted octanol–water partition coefficient (Wildman–Crippen LogP) is 2.29. The Morgan fingerprint density at radius 3 is 2.50 bits per heavy atom. The molecule has 10 heteroatoms. The summed E-state index contributed by atoms with van der Waals surface area (Å²) in [4.78, 5) is 36.7. The molecule has 0 fully saturated rings. The lowest BCUT2D eigenvalue weighted by Crippen LogP contribution is -2.16. The molecule has 4 rings (SSSR count). The van der Waals surface area contributed by atoms with Crippen LogP contribution in [0.5, 0.6) is 17.2 Å². The number of ether oxygens (including phenoxy) is 3. The highest BCUT2D eigenvalue weighted by atomic mass is 16.5. The van der Waals surface area contributed by atoms with Gasteiger partial charge in [-0.1, -0.05) is 18.2 Å². The number of primary amides is 1. The minimum atomic E-state index is -0.813. The largest absolute Gasteiger partial charge is 0.493 e. The Morgan fingerprint density at radius 1 is 1.06 bits per heavy atom. The normalized spacial score (nSPS) is 10.8. The molecule has 0 aliphatic rings. The molecule has 0 aliphatic heterocycles. The fourth-order valence-corrected chi connectivity index (χ4v) is 3.49. The van der Waals surface area contributed by atoms with Crippen LogP contribution in [0.25, 0.3) is 28.2 Å². The number of hydrogen-bond acceptors (Lipinski definition) is 7. The molecule has 0 saturated carbocycles. The smallest absolute Gasteiger partial charge is 0.332 e. The van der Waals surface area contributed by atoms with Gasteiger partial charge in [0.05, 0.1) is 32.1 Å². The molecule has 0 bridgehead atoms. The third-order valence-electron chi connectivity index (χ3n) is 4.82. The van der Waals surface area contributed by atoms with Crippen molar-refractivity contribution in [2.75, 3.05) is 20.8 Å². The molecule has 0 atom stereocenters. The Kier molecular flexibility index (Phi) is 5.50. The molecule has 0 spiro atoms. The molecule has 0 radical (unpaired) electrons. The van der Waals surface area contributed by atoms with E-state index in [4.69, 9.17) is 19.9 Å². The van der Waals surface area contributed by atoms with E-state index in [0.29, 0.717) is 35.1 Å². The zero-order valence-corrected chi connectivity index (χ0v) is 17.7. The number of aromatic amines is 1. The topological polar surface area (TPSA) is 134 Å². The third-order valence-corrected chi connectivity index (χ3v) is 4.82. The van der Waals surface area contributed by atoms with Crippen LogP contribution in [-0.2, 0) is 0 Å². The number of para-hydroxylation sites is 3. The average molecular weight is 435 g/mol. The van der Waals surface area contributed by atoms with Gasteiger partial charge in [-0.25, -0.2) is 19.3 Å². The second-order valence-corrected chi connectivity index (χ2v) is 6.67. The van der Waals surface area contributed by atoms with Gasteiger partial charge in [0.2, 0.25) is 0 Å². The molecule has 0 aliphatic carbocycles. The molecule has 4 aromatic rings. The van der Waals surface area contributed by atoms with Crippen LogP contribution in [0.15, 0.2) is 47.3 Å². The summed E-state index contributed by atoms with van der Waals surface area (Å²) >= 11 is 0. The fourth-order valence-electron chi connectivity index (χ4n) is 3.49. The maximum atomic E-state index is 12.9. The second-order valence-electron chi connectivity index (χ2n) is 6.67. The van der Waals surface area contributed by atoms with Gasteiger partial charge in [0.1, 0.15) is 11.3 Å². The van der Waals surface area contributed by atoms with Crippen LogP contribution in [0.3, 0.4) is 0 Å². The lowest BCUT2D eigenvalue weighted by Gasteiger charge is -2.13. The van der Waals surface area contributed by atoms with Gasteiger partial charge in [-0.3, -0.25) is 4.79 Å². The highest BCUT2D eigenvalue weighted by molar-refractivity contribution is 6.02. The molecule has 2 aromatic heterocycles. The molecular weight excluding hydrogens is 414 g/mol. The SMILES string of the molecule is CCOc1ccccc1-n1c(=O)[nH]c2c(C(N)=O)nc(-c3cccc(OC)c3OC)nc21. The van der Waals surface area contributed by atoms with Gasteiger partial charge < -0.3 is 24.9 Å². The van der Waals surface area contributed by atoms with Gasteiger partial charge in [-0.05, 0) is 31.2 Å². The van der Waals surface area contributed by atoms with E-state index in [0.717, 1.165) is 0 Å². The third kappa shape index (κ3) is 3.41. The Morgan fingerprint density at radius 2 is 1.81 bits per heavy atom. The number of fused-ring (bicyclic) bond motifs is 1. The van der Waals surface area contributed by atoms with Crippen molar-refractivity contribution < 1.29 is 19.0 Å². The summed E-state index contributed by atoms with van der Waals surface area (Å²) in [5.41, 5.74) is 6.17. The maximum absolute atomic E-state index is 12.9. The van der Waals surface area contributed by atoms with Crippen molar-refractivity contribution in [2.45, 2.75) is 6.92 Å². The first kappa shape index (κ1) is 20.9. The average Bonchev–Trinajstić information content (AvgIpc) is 3.13. The predicted molar refractivity (Wildman–Crippen MR) is 118 cm³/mol. The fraction of sp³-hybridized carbons (Fsp3) is 0.182. The quantitative estimate of drug-likeness (QED) is 0.455. The highest BCUT2D eigenvalue weighted by Gasteiger charge is 2.23. The second kappa shape index (κ2) is 8.42. The van der Waals surface area contributed by atoms with Gasteiger partial charge in [0, 0.05) is 0 Å². The summed E-state index contributed by atoms with van der Waals surface area (Å²) in [6.45, 7) is 2.25. The van der Waals surface area contributed by atoms with Crippen molar-refractivity contribution in [3.05, 3.63) is 58.6 Å². The summed E-state index contributed by atoms with van der Waals surface area (Å²) < 4.78 is 17.8. The molecule has 1 amide bonds. The van der Waals surface area contributed by atoms with E-state index in [1.165, 1.54) is 18.8 Å². The van der Waals surface area contributed by atoms with E-state index in [1.807, 2.05) is 6.92 Å². The molecule has 32 heavy (non-hydrogen) atoms. The number of amides is 1. The Bertz CT molecular complexity index is 1380. The molecule has 2 aromatic carbocycles. The summed E-state index contributed by atoms with van der Waals surface area (Å²) in [7, 11) is 2.99. The molecule has 0 saturated heterocycles. The van der Waals surface area contributed by atoms with Crippen LogP contribution >= 0.6 is 0 Å². The number of nitrogens with two attached hydrogens (primary N) is 1. The maximum Gasteiger partial charge on any atom is 0.332 e. The van der Waals surface area contributed by atoms with E-state index in [-0.39, 0.29) is 22.7 Å². The number of H-pyrrole nitrogens is 1. The lowest BCUT2D eigenvalue weighted by atomic mass is 10.1. The molecule has 164 valence electrons. The summed E-state index contributed by atoms with van der Waals surface area (Å²) in [6.07, 6.45) is 0. The van der Waals surface area contributed by atoms with Crippen LogP contribution in [-0.4, -0.2) is 46.3 Å². The van der Waals surface area contributed by atoms with Crippen molar-refractivity contribution >= 4 is 17.1 Å². The van der Waals surface area contributed by atoms with E-state index in [9.17, 15) is 9.59 Å². The van der Waals surface area contributed by atoms with Crippen LogP contribution in [0.1, 0.15) is 17.4 Å². The molecule has 0 unspecified atom stereocenters. The van der Waals surface area contributed by atoms with Crippen LogP contribution in [0.4, 0.5) is 0 Å². The van der Waals surface area contributed by atoms with E-state index < -0.39 is 11.6 Å². The summed E-state index contributed by atoms with van der Waals surface area (Å²) in [5.74, 6) is 0.653. The van der Waals surface area contributed by atoms with Crippen molar-refractivity contribution in [2.24, 2.45) is 5.73 Å². The van der Waals surface area contributed by atoms with Gasteiger partial charge in [0.25, 0.3) is 5.91 Å². The van der Waals surface area contributed by atoms with E-state index in [2.05, 4.69) is 15.0 Å². The number of benzene rings is 2. The lowest BCUT2D eigenvalue weighted by molar-refractivity contribution is 0.0997. The number of aromatic nitrogens is 4. The molecule has 3 N–H and O–H groups in total. The molecule has 2 heterocycles. The summed E-state index contributed by atoms with van der Waals surface area (Å²) in [6, 6.07) is 12.2. The number of nitrogens with one attached hydrogen (secondary N) is 1. The zero-order chi connectivity index (χ0) is 22.8. The number of carbonyl (C=O) groups excluding carboxylic acids is 1. The van der Waals surface area contributed by atoms with Crippen molar-refractivity contribution in [1.29, 1.82) is 0 Å². The van der Waals surface area contributed by atoms with Crippen molar-refractivity contribution in [1.82, 2.24) is 19.5 Å². The highest BCUT2D eigenvalue weighted by Crippen LogP contribution is 2.37. The Hall–Kier alpha value is -4.34. The number of nitrogens with zero attached hydrogens (tertiary/aromatic N) is 3. The number of imidazole rings is 1. The van der Waals surface area contributed by atoms with E-state index >= 15 is 0 Å².